The summed E-state index contributed by atoms with van der Waals surface area (Å²) >= 11 is 0. The molecule has 0 amide bonds. The Morgan fingerprint density at radius 1 is 1.10 bits per heavy atom. The van der Waals surface area contributed by atoms with E-state index in [1.807, 2.05) is 38.1 Å². The first-order valence-electron chi connectivity index (χ1n) is 6.18. The number of aliphatic imine (C=N–C) groups is 1. The lowest BCUT2D eigenvalue weighted by Crippen LogP contribution is -2.06. The molecule has 0 saturated heterocycles. The van der Waals surface area contributed by atoms with Crippen molar-refractivity contribution in [2.45, 2.75) is 13.8 Å². The molecule has 0 aliphatic heterocycles. The molecule has 0 aromatic heterocycles. The number of nitrogens with one attached hydrogen (secondary N) is 1. The lowest BCUT2D eigenvalue weighted by molar-refractivity contribution is -0.384. The van der Waals surface area contributed by atoms with Crippen LogP contribution < -0.4 is 5.32 Å². The van der Waals surface area contributed by atoms with Gasteiger partial charge in [0, 0.05) is 17.8 Å². The van der Waals surface area contributed by atoms with Crippen LogP contribution in [0.15, 0.2) is 53.5 Å². The van der Waals surface area contributed by atoms with Gasteiger partial charge in [-0.25, -0.2) is 4.99 Å². The van der Waals surface area contributed by atoms with E-state index in [2.05, 4.69) is 10.3 Å². The van der Waals surface area contributed by atoms with Gasteiger partial charge >= 0.3 is 0 Å². The summed E-state index contributed by atoms with van der Waals surface area (Å²) in [6.45, 7) is 3.88. The van der Waals surface area contributed by atoms with Gasteiger partial charge < -0.3 is 5.32 Å². The molecule has 0 bridgehead atoms. The lowest BCUT2D eigenvalue weighted by Gasteiger charge is -2.06. The van der Waals surface area contributed by atoms with Gasteiger partial charge in [0.15, 0.2) is 0 Å². The standard InChI is InChI=1S/C15H15N3O2/c1-11-3-5-13(6-4-11)16-12(2)17-14-7-9-15(10-8-14)18(19)20/h3-10H,1-2H3,(H,16,17). The third-order valence-electron chi connectivity index (χ3n) is 2.73. The van der Waals surface area contributed by atoms with Crippen LogP contribution in [0.5, 0.6) is 0 Å². The number of aryl methyl sites for hydroxylation is 1. The van der Waals surface area contributed by atoms with E-state index in [1.54, 1.807) is 12.1 Å². The fourth-order valence-electron chi connectivity index (χ4n) is 1.72. The third-order valence-corrected chi connectivity index (χ3v) is 2.73. The average Bonchev–Trinajstić information content (AvgIpc) is 2.42. The molecule has 2 aromatic carbocycles. The molecule has 1 N–H and O–H groups in total. The Balaban J connectivity index is 2.09. The molecule has 0 saturated carbocycles. The van der Waals surface area contributed by atoms with Gasteiger partial charge in [-0.15, -0.1) is 0 Å². The third kappa shape index (κ3) is 3.65. The minimum atomic E-state index is -0.426. The quantitative estimate of drug-likeness (QED) is 0.395. The van der Waals surface area contributed by atoms with Crippen LogP contribution in [-0.4, -0.2) is 10.8 Å². The molecule has 102 valence electrons. The van der Waals surface area contributed by atoms with E-state index >= 15 is 0 Å². The summed E-state index contributed by atoms with van der Waals surface area (Å²) in [5.41, 5.74) is 2.89. The minimum absolute atomic E-state index is 0.0631. The van der Waals surface area contributed by atoms with Gasteiger partial charge in [0.2, 0.25) is 0 Å². The first-order valence-corrected chi connectivity index (χ1v) is 6.18. The van der Waals surface area contributed by atoms with Crippen LogP contribution >= 0.6 is 0 Å². The van der Waals surface area contributed by atoms with Gasteiger partial charge in [-0.2, -0.15) is 0 Å². The molecule has 0 aliphatic carbocycles. The molecule has 0 fully saturated rings. The maximum absolute atomic E-state index is 10.6. The summed E-state index contributed by atoms with van der Waals surface area (Å²) in [6.07, 6.45) is 0. The van der Waals surface area contributed by atoms with Crippen molar-refractivity contribution in [2.75, 3.05) is 5.32 Å². The second kappa shape index (κ2) is 5.97. The number of nitro groups is 1. The van der Waals surface area contributed by atoms with Gasteiger partial charge in [0.25, 0.3) is 5.69 Å². The SMILES string of the molecule is CC(=Nc1ccc([N+](=O)[O-])cc1)Nc1ccc(C)cc1. The summed E-state index contributed by atoms with van der Waals surface area (Å²) in [5, 5.41) is 13.7. The van der Waals surface area contributed by atoms with E-state index < -0.39 is 4.92 Å². The van der Waals surface area contributed by atoms with E-state index in [1.165, 1.54) is 17.7 Å². The second-order valence-corrected chi connectivity index (χ2v) is 4.46. The number of nitrogens with zero attached hydrogens (tertiary/aromatic N) is 2. The van der Waals surface area contributed by atoms with Crippen molar-refractivity contribution in [1.29, 1.82) is 0 Å². The molecule has 0 radical (unpaired) electrons. The fraction of sp³-hybridized carbons (Fsp3) is 0.133. The number of non-ortho nitro benzene ring substituents is 1. The van der Waals surface area contributed by atoms with Crippen molar-refractivity contribution in [3.63, 3.8) is 0 Å². The first kappa shape index (κ1) is 13.7. The highest BCUT2D eigenvalue weighted by Gasteiger charge is 2.03. The first-order chi connectivity index (χ1) is 9.54. The summed E-state index contributed by atoms with van der Waals surface area (Å²) < 4.78 is 0. The van der Waals surface area contributed by atoms with Crippen molar-refractivity contribution < 1.29 is 4.92 Å². The van der Waals surface area contributed by atoms with E-state index in [-0.39, 0.29) is 5.69 Å². The number of amidine groups is 1. The molecule has 0 aliphatic rings. The zero-order valence-electron chi connectivity index (χ0n) is 11.3. The van der Waals surface area contributed by atoms with Crippen LogP contribution in [0, 0.1) is 17.0 Å². The number of hydrogen-bond acceptors (Lipinski definition) is 3. The van der Waals surface area contributed by atoms with E-state index in [9.17, 15) is 10.1 Å². The molecular formula is C15H15N3O2. The van der Waals surface area contributed by atoms with Crippen LogP contribution in [-0.2, 0) is 0 Å². The van der Waals surface area contributed by atoms with E-state index in [0.717, 1.165) is 11.5 Å². The minimum Gasteiger partial charge on any atom is -0.344 e. The van der Waals surface area contributed by atoms with Crippen LogP contribution in [0.3, 0.4) is 0 Å². The molecular weight excluding hydrogens is 254 g/mol. The highest BCUT2D eigenvalue weighted by atomic mass is 16.6. The van der Waals surface area contributed by atoms with Gasteiger partial charge in [-0.1, -0.05) is 17.7 Å². The molecule has 2 rings (SSSR count). The largest absolute Gasteiger partial charge is 0.344 e. The Bertz CT molecular complexity index is 631. The van der Waals surface area contributed by atoms with Crippen molar-refractivity contribution >= 4 is 22.9 Å². The Morgan fingerprint density at radius 2 is 1.70 bits per heavy atom. The topological polar surface area (TPSA) is 67.5 Å². The maximum atomic E-state index is 10.6. The Hall–Kier alpha value is -2.69. The number of nitro benzene ring substituents is 1. The van der Waals surface area contributed by atoms with Crippen LogP contribution in [0.2, 0.25) is 0 Å². The highest BCUT2D eigenvalue weighted by Crippen LogP contribution is 2.18. The van der Waals surface area contributed by atoms with Crippen molar-refractivity contribution in [3.8, 4) is 0 Å². The Kier molecular flexibility index (Phi) is 4.10. The number of rotatable bonds is 3. The maximum Gasteiger partial charge on any atom is 0.269 e. The summed E-state index contributed by atoms with van der Waals surface area (Å²) in [6, 6.07) is 14.1. The molecule has 0 spiro atoms. The van der Waals surface area contributed by atoms with Gasteiger partial charge in [-0.05, 0) is 38.1 Å². The smallest absolute Gasteiger partial charge is 0.269 e. The zero-order valence-corrected chi connectivity index (χ0v) is 11.3. The number of hydrogen-bond donors (Lipinski definition) is 1. The lowest BCUT2D eigenvalue weighted by atomic mass is 10.2. The number of benzene rings is 2. The highest BCUT2D eigenvalue weighted by molar-refractivity contribution is 5.95. The molecule has 0 heterocycles. The van der Waals surface area contributed by atoms with Crippen LogP contribution in [0.1, 0.15) is 12.5 Å². The zero-order chi connectivity index (χ0) is 14.5. The van der Waals surface area contributed by atoms with Crippen LogP contribution in [0.4, 0.5) is 17.1 Å². The van der Waals surface area contributed by atoms with Gasteiger partial charge in [0.1, 0.15) is 5.84 Å². The van der Waals surface area contributed by atoms with Crippen LogP contribution in [0.25, 0.3) is 0 Å². The Labute approximate surface area is 117 Å². The van der Waals surface area contributed by atoms with Crippen molar-refractivity contribution in [1.82, 2.24) is 0 Å². The second-order valence-electron chi connectivity index (χ2n) is 4.46. The average molecular weight is 269 g/mol. The summed E-state index contributed by atoms with van der Waals surface area (Å²) in [4.78, 5) is 14.5. The van der Waals surface area contributed by atoms with Gasteiger partial charge in [0.05, 0.1) is 10.6 Å². The number of anilines is 1. The summed E-state index contributed by atoms with van der Waals surface area (Å²) in [7, 11) is 0. The van der Waals surface area contributed by atoms with E-state index in [4.69, 9.17) is 0 Å². The monoisotopic (exact) mass is 269 g/mol. The fourth-order valence-corrected chi connectivity index (χ4v) is 1.72. The van der Waals surface area contributed by atoms with E-state index in [0.29, 0.717) is 5.69 Å². The molecule has 0 unspecified atom stereocenters. The Morgan fingerprint density at radius 3 is 2.25 bits per heavy atom. The molecule has 0 atom stereocenters. The van der Waals surface area contributed by atoms with Crippen molar-refractivity contribution in [3.05, 3.63) is 64.2 Å². The van der Waals surface area contributed by atoms with Gasteiger partial charge in [-0.3, -0.25) is 10.1 Å². The summed E-state index contributed by atoms with van der Waals surface area (Å²) in [5.74, 6) is 0.725. The molecule has 20 heavy (non-hydrogen) atoms. The predicted octanol–water partition coefficient (Wildman–Crippen LogP) is 4.07. The van der Waals surface area contributed by atoms with Crippen molar-refractivity contribution in [2.24, 2.45) is 4.99 Å². The molecule has 2 aromatic rings. The molecule has 5 heteroatoms. The normalized spacial score (nSPS) is 11.2. The molecule has 5 nitrogen and oxygen atoms in total. The predicted molar refractivity (Wildman–Crippen MR) is 80.7 cm³/mol.